The van der Waals surface area contributed by atoms with Gasteiger partial charge in [0.2, 0.25) is 15.9 Å². The van der Waals surface area contributed by atoms with E-state index in [1.165, 1.54) is 0 Å². The number of carbonyl (C=O) groups excluding carboxylic acids is 1. The summed E-state index contributed by atoms with van der Waals surface area (Å²) in [4.78, 5) is 15.1. The number of piperidine rings is 1. The molecule has 2 aromatic carbocycles. The number of hydrogen-bond acceptors (Lipinski definition) is 6. The number of aromatic nitrogens is 3. The first-order chi connectivity index (χ1) is 14.4. The molecule has 0 aliphatic carbocycles. The van der Waals surface area contributed by atoms with Crippen molar-refractivity contribution in [2.45, 2.75) is 36.4 Å². The summed E-state index contributed by atoms with van der Waals surface area (Å²) in [6.45, 7) is 2.69. The summed E-state index contributed by atoms with van der Waals surface area (Å²) in [7, 11) is -3.60. The minimum absolute atomic E-state index is 0.0560. The van der Waals surface area contributed by atoms with Crippen LogP contribution in [0.5, 0.6) is 0 Å². The predicted octanol–water partition coefficient (Wildman–Crippen LogP) is 1.71. The van der Waals surface area contributed by atoms with Crippen LogP contribution >= 0.6 is 0 Å². The summed E-state index contributed by atoms with van der Waals surface area (Å²) in [5.74, 6) is -0.0560. The predicted molar refractivity (Wildman–Crippen MR) is 111 cm³/mol. The van der Waals surface area contributed by atoms with Crippen molar-refractivity contribution in [2.24, 2.45) is 0 Å². The summed E-state index contributed by atoms with van der Waals surface area (Å²) in [5.41, 5.74) is 1.37. The van der Waals surface area contributed by atoms with Gasteiger partial charge in [0.1, 0.15) is 22.1 Å². The Morgan fingerprint density at radius 1 is 1.10 bits per heavy atom. The van der Waals surface area contributed by atoms with Gasteiger partial charge in [-0.2, -0.15) is 4.72 Å². The Morgan fingerprint density at radius 3 is 2.60 bits per heavy atom. The largest absolute Gasteiger partial charge is 0.365 e. The van der Waals surface area contributed by atoms with Gasteiger partial charge in [-0.15, -0.1) is 5.10 Å². The highest BCUT2D eigenvalue weighted by Gasteiger charge is 2.44. The number of anilines is 1. The lowest BCUT2D eigenvalue weighted by Gasteiger charge is -2.45. The Hall–Kier alpha value is -2.98. The molecule has 0 saturated carbocycles. The van der Waals surface area contributed by atoms with Crippen LogP contribution in [0.1, 0.15) is 25.8 Å². The summed E-state index contributed by atoms with van der Waals surface area (Å²) in [6.07, 6.45) is 0.939. The van der Waals surface area contributed by atoms with Crippen LogP contribution in [0.4, 0.5) is 5.69 Å². The summed E-state index contributed by atoms with van der Waals surface area (Å²) < 4.78 is 29.8. The van der Waals surface area contributed by atoms with E-state index >= 15 is 0 Å². The molecule has 1 atom stereocenters. The zero-order valence-corrected chi connectivity index (χ0v) is 17.3. The van der Waals surface area contributed by atoms with Gasteiger partial charge in [-0.3, -0.25) is 4.79 Å². The van der Waals surface area contributed by atoms with Crippen LogP contribution in [0.15, 0.2) is 53.4 Å². The van der Waals surface area contributed by atoms with E-state index < -0.39 is 21.7 Å². The average molecular weight is 427 g/mol. The first kappa shape index (κ1) is 19.0. The number of hydrogen-bond donors (Lipinski definition) is 2. The smallest absolute Gasteiger partial charge is 0.247 e. The highest BCUT2D eigenvalue weighted by atomic mass is 32.2. The maximum Gasteiger partial charge on any atom is 0.247 e. The number of amides is 1. The van der Waals surface area contributed by atoms with E-state index in [-0.39, 0.29) is 10.8 Å². The van der Waals surface area contributed by atoms with Crippen LogP contribution in [-0.2, 0) is 14.8 Å². The van der Waals surface area contributed by atoms with Crippen molar-refractivity contribution < 1.29 is 13.2 Å². The lowest BCUT2D eigenvalue weighted by molar-refractivity contribution is -0.136. The number of nitrogens with zero attached hydrogens (tertiary/aromatic N) is 4. The van der Waals surface area contributed by atoms with Crippen LogP contribution in [0.25, 0.3) is 11.0 Å². The van der Waals surface area contributed by atoms with E-state index in [0.29, 0.717) is 31.6 Å². The van der Waals surface area contributed by atoms with Crippen LogP contribution < -0.4 is 10.0 Å². The number of rotatable bonds is 2. The van der Waals surface area contributed by atoms with Crippen molar-refractivity contribution in [3.8, 4) is 0 Å². The number of nitrogens with one attached hydrogen (secondary N) is 2. The van der Waals surface area contributed by atoms with Crippen molar-refractivity contribution in [3.63, 3.8) is 0 Å². The fourth-order valence-electron chi connectivity index (χ4n) is 4.28. The van der Waals surface area contributed by atoms with E-state index in [4.69, 9.17) is 0 Å². The van der Waals surface area contributed by atoms with Gasteiger partial charge in [-0.05, 0) is 31.2 Å². The number of benzene rings is 2. The molecule has 2 N–H and O–H groups in total. The lowest BCUT2D eigenvalue weighted by atomic mass is 9.96. The van der Waals surface area contributed by atoms with Gasteiger partial charge in [0.25, 0.3) is 0 Å². The molecule has 0 radical (unpaired) electrons. The summed E-state index contributed by atoms with van der Waals surface area (Å²) >= 11 is 0. The Kier molecular flexibility index (Phi) is 4.30. The molecule has 2 aliphatic heterocycles. The van der Waals surface area contributed by atoms with E-state index in [1.54, 1.807) is 27.8 Å². The molecule has 3 aromatic rings. The Morgan fingerprint density at radius 2 is 1.80 bits per heavy atom. The van der Waals surface area contributed by atoms with Gasteiger partial charge >= 0.3 is 0 Å². The highest BCUT2D eigenvalue weighted by Crippen LogP contribution is 2.35. The number of sulfonamides is 1. The van der Waals surface area contributed by atoms with Crippen LogP contribution in [0.2, 0.25) is 0 Å². The second-order valence-electron chi connectivity index (χ2n) is 7.83. The van der Waals surface area contributed by atoms with Crippen LogP contribution in [0.3, 0.4) is 0 Å². The maximum absolute atomic E-state index is 13.1. The Labute approximate surface area is 174 Å². The lowest BCUT2D eigenvalue weighted by Crippen LogP contribution is -2.62. The van der Waals surface area contributed by atoms with E-state index in [1.807, 2.05) is 37.3 Å². The molecule has 1 unspecified atom stereocenters. The van der Waals surface area contributed by atoms with Gasteiger partial charge < -0.3 is 10.2 Å². The molecular formula is C20H22N6O3S. The van der Waals surface area contributed by atoms with Crippen LogP contribution in [-0.4, -0.2) is 53.0 Å². The van der Waals surface area contributed by atoms with Gasteiger partial charge in [0.15, 0.2) is 0 Å². The molecule has 0 bridgehead atoms. The third-order valence-electron chi connectivity index (χ3n) is 5.91. The topological polar surface area (TPSA) is 109 Å². The Balaban J connectivity index is 1.33. The molecule has 9 nitrogen and oxygen atoms in total. The quantitative estimate of drug-likeness (QED) is 0.646. The average Bonchev–Trinajstić information content (AvgIpc) is 3.17. The minimum Gasteiger partial charge on any atom is -0.365 e. The van der Waals surface area contributed by atoms with Crippen molar-refractivity contribution in [3.05, 3.63) is 48.5 Å². The molecule has 156 valence electrons. The first-order valence-corrected chi connectivity index (χ1v) is 11.4. The second-order valence-corrected chi connectivity index (χ2v) is 9.48. The van der Waals surface area contributed by atoms with E-state index in [0.717, 1.165) is 11.0 Å². The second kappa shape index (κ2) is 6.78. The molecular weight excluding hydrogens is 404 g/mol. The summed E-state index contributed by atoms with van der Waals surface area (Å²) in [5, 5.41) is 11.6. The molecule has 2 aliphatic rings. The number of fused-ring (bicyclic) bond motifs is 2. The number of likely N-dealkylation sites (tertiary alicyclic amines) is 1. The number of carbonyl (C=O) groups is 1. The molecule has 3 heterocycles. The molecule has 1 spiro atoms. The SMILES string of the molecule is CC(C(=O)N1CCC2(CC1)Nc1ccccc1S(=O)(=O)N2)n1nnc2ccccc21. The van der Waals surface area contributed by atoms with Crippen LogP contribution in [0, 0.1) is 0 Å². The van der Waals surface area contributed by atoms with Crippen molar-refractivity contribution in [1.29, 1.82) is 0 Å². The van der Waals surface area contributed by atoms with Gasteiger partial charge in [-0.1, -0.05) is 29.5 Å². The van der Waals surface area contributed by atoms with Gasteiger partial charge in [-0.25, -0.2) is 13.1 Å². The third-order valence-corrected chi connectivity index (χ3v) is 7.51. The normalized spacial score (nSPS) is 20.5. The van der Waals surface area contributed by atoms with E-state index in [2.05, 4.69) is 20.4 Å². The van der Waals surface area contributed by atoms with E-state index in [9.17, 15) is 13.2 Å². The Bertz CT molecular complexity index is 1230. The molecule has 1 saturated heterocycles. The summed E-state index contributed by atoms with van der Waals surface area (Å²) in [6, 6.07) is 13.9. The van der Waals surface area contributed by atoms with Gasteiger partial charge in [0.05, 0.1) is 11.2 Å². The zero-order chi connectivity index (χ0) is 20.9. The van der Waals surface area contributed by atoms with Crippen molar-refractivity contribution in [1.82, 2.24) is 24.6 Å². The zero-order valence-electron chi connectivity index (χ0n) is 16.4. The van der Waals surface area contributed by atoms with Crippen molar-refractivity contribution in [2.75, 3.05) is 18.4 Å². The number of para-hydroxylation sites is 2. The molecule has 1 amide bonds. The molecule has 10 heteroatoms. The molecule has 30 heavy (non-hydrogen) atoms. The standard InChI is InChI=1S/C20H22N6O3S/c1-14(26-17-8-4-2-6-15(17)22-24-26)19(27)25-12-10-20(11-13-25)21-16-7-3-5-9-18(16)30(28,29)23-20/h2-9,14,21,23H,10-13H2,1H3. The molecule has 1 fully saturated rings. The molecule has 5 rings (SSSR count). The molecule has 1 aromatic heterocycles. The van der Waals surface area contributed by atoms with Gasteiger partial charge in [0, 0.05) is 25.9 Å². The fraction of sp³-hybridized carbons (Fsp3) is 0.350. The monoisotopic (exact) mass is 426 g/mol. The third kappa shape index (κ3) is 3.03. The highest BCUT2D eigenvalue weighted by molar-refractivity contribution is 7.89. The first-order valence-electron chi connectivity index (χ1n) is 9.89. The fourth-order valence-corrected chi connectivity index (χ4v) is 5.82. The maximum atomic E-state index is 13.1. The minimum atomic E-state index is -3.60. The van der Waals surface area contributed by atoms with Crippen molar-refractivity contribution >= 4 is 32.7 Å².